The average molecular weight is 280 g/mol. The van der Waals surface area contributed by atoms with Crippen LogP contribution in [0.2, 0.25) is 0 Å². The molecule has 19 heavy (non-hydrogen) atoms. The molecule has 0 aromatic rings. The first kappa shape index (κ1) is 15.8. The smallest absolute Gasteiger partial charge is 0.342 e. The maximum atomic E-state index is 12.7. The van der Waals surface area contributed by atoms with Crippen molar-refractivity contribution in [1.29, 1.82) is 0 Å². The van der Waals surface area contributed by atoms with Crippen molar-refractivity contribution in [2.45, 2.75) is 57.8 Å². The minimum Gasteiger partial charge on any atom is -0.342 e. The molecule has 7 heteroatoms. The molecule has 0 aliphatic carbocycles. The van der Waals surface area contributed by atoms with Gasteiger partial charge in [-0.2, -0.15) is 13.2 Å². The second-order valence-corrected chi connectivity index (χ2v) is 4.71. The second-order valence-electron chi connectivity index (χ2n) is 4.71. The van der Waals surface area contributed by atoms with E-state index in [4.69, 9.17) is 0 Å². The molecule has 0 radical (unpaired) electrons. The maximum absolute atomic E-state index is 12.7. The number of piperazine rings is 1. The standard InChI is InChI=1S/C12H19F3N2O2/c1-4-8-9(18)17(7-12(13,14)15)11(5-2,6-3)10(19)16-8/h8H,4-7H2,1-3H3,(H,16,19). The SMILES string of the molecule is CCC1NC(=O)C(CC)(CC)N(CC(F)(F)F)C1=O. The zero-order valence-electron chi connectivity index (χ0n) is 11.3. The molecule has 1 heterocycles. The summed E-state index contributed by atoms with van der Waals surface area (Å²) in [6.07, 6.45) is -3.91. The number of nitrogens with one attached hydrogen (secondary N) is 1. The third-order valence-electron chi connectivity index (χ3n) is 3.72. The number of hydrogen-bond donors (Lipinski definition) is 1. The van der Waals surface area contributed by atoms with Gasteiger partial charge in [0.2, 0.25) is 11.8 Å². The van der Waals surface area contributed by atoms with Gasteiger partial charge in [0.05, 0.1) is 0 Å². The van der Waals surface area contributed by atoms with Gasteiger partial charge in [0.25, 0.3) is 0 Å². The number of halogens is 3. The van der Waals surface area contributed by atoms with Gasteiger partial charge in [-0.15, -0.1) is 0 Å². The van der Waals surface area contributed by atoms with Crippen LogP contribution in [0.1, 0.15) is 40.0 Å². The molecule has 1 fully saturated rings. The van der Waals surface area contributed by atoms with Gasteiger partial charge in [-0.3, -0.25) is 9.59 Å². The molecule has 0 aromatic heterocycles. The molecule has 2 amide bonds. The van der Waals surface area contributed by atoms with Crippen LogP contribution in [0.25, 0.3) is 0 Å². The van der Waals surface area contributed by atoms with Gasteiger partial charge in [-0.25, -0.2) is 0 Å². The molecule has 0 aromatic carbocycles. The first-order chi connectivity index (χ1) is 8.71. The molecule has 0 bridgehead atoms. The van der Waals surface area contributed by atoms with E-state index in [-0.39, 0.29) is 19.3 Å². The van der Waals surface area contributed by atoms with E-state index < -0.39 is 36.1 Å². The fourth-order valence-corrected chi connectivity index (χ4v) is 2.51. The fourth-order valence-electron chi connectivity index (χ4n) is 2.51. The number of alkyl halides is 3. The molecular formula is C12H19F3N2O2. The number of amides is 2. The van der Waals surface area contributed by atoms with E-state index in [1.54, 1.807) is 20.8 Å². The summed E-state index contributed by atoms with van der Waals surface area (Å²) in [6.45, 7) is 3.51. The Hall–Kier alpha value is -1.27. The molecule has 1 unspecified atom stereocenters. The van der Waals surface area contributed by atoms with Crippen molar-refractivity contribution in [3.05, 3.63) is 0 Å². The molecule has 1 N–H and O–H groups in total. The molecule has 4 nitrogen and oxygen atoms in total. The van der Waals surface area contributed by atoms with Crippen molar-refractivity contribution in [3.8, 4) is 0 Å². The Labute approximate surface area is 110 Å². The van der Waals surface area contributed by atoms with Crippen molar-refractivity contribution in [3.63, 3.8) is 0 Å². The lowest BCUT2D eigenvalue weighted by Crippen LogP contribution is -2.71. The van der Waals surface area contributed by atoms with Gasteiger partial charge in [-0.1, -0.05) is 20.8 Å². The predicted molar refractivity (Wildman–Crippen MR) is 63.3 cm³/mol. The Kier molecular flexibility index (Phi) is 4.47. The van der Waals surface area contributed by atoms with E-state index in [9.17, 15) is 22.8 Å². The van der Waals surface area contributed by atoms with Crippen LogP contribution in [0, 0.1) is 0 Å². The topological polar surface area (TPSA) is 49.4 Å². The van der Waals surface area contributed by atoms with E-state index in [0.29, 0.717) is 4.90 Å². The monoisotopic (exact) mass is 280 g/mol. The second kappa shape index (κ2) is 5.38. The highest BCUT2D eigenvalue weighted by molar-refractivity contribution is 5.99. The predicted octanol–water partition coefficient (Wildman–Crippen LogP) is 1.84. The minimum atomic E-state index is -4.51. The first-order valence-corrected chi connectivity index (χ1v) is 6.41. The summed E-state index contributed by atoms with van der Waals surface area (Å²) >= 11 is 0. The Bertz CT molecular complexity index is 364. The number of nitrogens with zero attached hydrogens (tertiary/aromatic N) is 1. The molecule has 0 saturated carbocycles. The van der Waals surface area contributed by atoms with Gasteiger partial charge in [-0.05, 0) is 19.3 Å². The molecule has 110 valence electrons. The summed E-state index contributed by atoms with van der Waals surface area (Å²) in [4.78, 5) is 24.9. The van der Waals surface area contributed by atoms with Crippen LogP contribution in [0.4, 0.5) is 13.2 Å². The largest absolute Gasteiger partial charge is 0.406 e. The molecule has 1 atom stereocenters. The van der Waals surface area contributed by atoms with Crippen molar-refractivity contribution < 1.29 is 22.8 Å². The van der Waals surface area contributed by atoms with Gasteiger partial charge in [0.1, 0.15) is 18.1 Å². The highest BCUT2D eigenvalue weighted by Gasteiger charge is 2.52. The number of hydrogen-bond acceptors (Lipinski definition) is 2. The van der Waals surface area contributed by atoms with Crippen LogP contribution in [0.15, 0.2) is 0 Å². The molecule has 1 rings (SSSR count). The quantitative estimate of drug-likeness (QED) is 0.854. The Morgan fingerprint density at radius 1 is 1.21 bits per heavy atom. The van der Waals surface area contributed by atoms with E-state index in [1.165, 1.54) is 0 Å². The first-order valence-electron chi connectivity index (χ1n) is 6.41. The van der Waals surface area contributed by atoms with Crippen LogP contribution in [-0.2, 0) is 9.59 Å². The van der Waals surface area contributed by atoms with Gasteiger partial charge < -0.3 is 10.2 Å². The highest BCUT2D eigenvalue weighted by atomic mass is 19.4. The van der Waals surface area contributed by atoms with E-state index in [0.717, 1.165) is 0 Å². The van der Waals surface area contributed by atoms with Crippen LogP contribution >= 0.6 is 0 Å². The van der Waals surface area contributed by atoms with Crippen molar-refractivity contribution in [2.75, 3.05) is 6.54 Å². The number of carbonyl (C=O) groups is 2. The highest BCUT2D eigenvalue weighted by Crippen LogP contribution is 2.32. The number of carbonyl (C=O) groups excluding carboxylic acids is 2. The van der Waals surface area contributed by atoms with E-state index in [1.807, 2.05) is 0 Å². The van der Waals surface area contributed by atoms with Gasteiger partial charge in [0, 0.05) is 0 Å². The maximum Gasteiger partial charge on any atom is 0.406 e. The van der Waals surface area contributed by atoms with Crippen LogP contribution in [-0.4, -0.2) is 41.0 Å². The van der Waals surface area contributed by atoms with E-state index >= 15 is 0 Å². The third-order valence-corrected chi connectivity index (χ3v) is 3.72. The van der Waals surface area contributed by atoms with Crippen LogP contribution < -0.4 is 5.32 Å². The van der Waals surface area contributed by atoms with Crippen molar-refractivity contribution in [1.82, 2.24) is 10.2 Å². The van der Waals surface area contributed by atoms with Crippen LogP contribution in [0.3, 0.4) is 0 Å². The van der Waals surface area contributed by atoms with Gasteiger partial charge in [0.15, 0.2) is 0 Å². The molecule has 1 saturated heterocycles. The summed E-state index contributed by atoms with van der Waals surface area (Å²) in [7, 11) is 0. The van der Waals surface area contributed by atoms with E-state index in [2.05, 4.69) is 5.32 Å². The molecule has 1 aliphatic rings. The summed E-state index contributed by atoms with van der Waals surface area (Å²) in [5, 5.41) is 2.53. The Morgan fingerprint density at radius 3 is 2.11 bits per heavy atom. The lowest BCUT2D eigenvalue weighted by Gasteiger charge is -2.47. The fraction of sp³-hybridized carbons (Fsp3) is 0.833. The zero-order chi connectivity index (χ0) is 14.8. The number of rotatable bonds is 4. The summed E-state index contributed by atoms with van der Waals surface area (Å²) in [5.74, 6) is -1.14. The van der Waals surface area contributed by atoms with Crippen LogP contribution in [0.5, 0.6) is 0 Å². The molecule has 1 aliphatic heterocycles. The molecule has 0 spiro atoms. The molecular weight excluding hydrogens is 261 g/mol. The zero-order valence-corrected chi connectivity index (χ0v) is 11.3. The summed E-state index contributed by atoms with van der Waals surface area (Å²) < 4.78 is 38.0. The van der Waals surface area contributed by atoms with Crippen molar-refractivity contribution >= 4 is 11.8 Å². The normalized spacial score (nSPS) is 23.5. The minimum absolute atomic E-state index is 0.160. The summed E-state index contributed by atoms with van der Waals surface area (Å²) in [6, 6.07) is -0.860. The summed E-state index contributed by atoms with van der Waals surface area (Å²) in [5.41, 5.74) is -1.39. The Balaban J connectivity index is 3.19. The average Bonchev–Trinajstić information content (AvgIpc) is 2.33. The lowest BCUT2D eigenvalue weighted by atomic mass is 9.85. The Morgan fingerprint density at radius 2 is 1.74 bits per heavy atom. The lowest BCUT2D eigenvalue weighted by molar-refractivity contribution is -0.184. The van der Waals surface area contributed by atoms with Gasteiger partial charge >= 0.3 is 6.18 Å². The third kappa shape index (κ3) is 2.84. The van der Waals surface area contributed by atoms with Crippen molar-refractivity contribution in [2.24, 2.45) is 0 Å².